The molecule has 1 aliphatic heterocycles. The molecule has 2 nitrogen and oxygen atoms in total. The highest BCUT2D eigenvalue weighted by Gasteiger charge is 2.43. The zero-order valence-corrected chi connectivity index (χ0v) is 12.8. The number of methoxy groups -OCH3 is 1. The molecule has 1 saturated heterocycles. The molecule has 1 aliphatic carbocycles. The standard InChI is InChI=1S/C16H23NO.ClH/c1-16(2)13-5-4-8-17-15(13)9-11-6-7-12(18-3)10-14(11)16;/h6-7,10,13,15,17H,4-5,8-9H2,1-3H3;1H/t13-,15+;/m1./s1. The van der Waals surface area contributed by atoms with Crippen LogP contribution in [0.5, 0.6) is 5.75 Å². The number of hydrogen-bond donors (Lipinski definition) is 1. The molecule has 3 rings (SSSR count). The molecule has 0 aromatic heterocycles. The van der Waals surface area contributed by atoms with E-state index in [-0.39, 0.29) is 17.8 Å². The number of ether oxygens (including phenoxy) is 1. The van der Waals surface area contributed by atoms with Gasteiger partial charge >= 0.3 is 0 Å². The van der Waals surface area contributed by atoms with Crippen molar-refractivity contribution in [3.8, 4) is 5.75 Å². The Morgan fingerprint density at radius 3 is 2.84 bits per heavy atom. The summed E-state index contributed by atoms with van der Waals surface area (Å²) in [5.41, 5.74) is 3.24. The normalized spacial score (nSPS) is 27.7. The van der Waals surface area contributed by atoms with Crippen molar-refractivity contribution < 1.29 is 4.74 Å². The van der Waals surface area contributed by atoms with Crippen molar-refractivity contribution in [2.75, 3.05) is 13.7 Å². The predicted octanol–water partition coefficient (Wildman–Crippen LogP) is 3.32. The van der Waals surface area contributed by atoms with Gasteiger partial charge in [-0.25, -0.2) is 0 Å². The van der Waals surface area contributed by atoms with Crippen molar-refractivity contribution in [3.05, 3.63) is 29.3 Å². The summed E-state index contributed by atoms with van der Waals surface area (Å²) in [6, 6.07) is 7.26. The molecule has 2 aliphatic rings. The molecule has 106 valence electrons. The zero-order chi connectivity index (χ0) is 12.8. The second-order valence-corrected chi connectivity index (χ2v) is 6.26. The summed E-state index contributed by atoms with van der Waals surface area (Å²) in [4.78, 5) is 0. The third kappa shape index (κ3) is 2.36. The third-order valence-corrected chi connectivity index (χ3v) is 4.96. The lowest BCUT2D eigenvalue weighted by Gasteiger charge is -2.48. The minimum atomic E-state index is 0. The fraction of sp³-hybridized carbons (Fsp3) is 0.625. The molecule has 0 radical (unpaired) electrons. The Morgan fingerprint density at radius 2 is 2.11 bits per heavy atom. The van der Waals surface area contributed by atoms with Gasteiger partial charge in [0.05, 0.1) is 7.11 Å². The largest absolute Gasteiger partial charge is 0.497 e. The first-order valence-corrected chi connectivity index (χ1v) is 7.03. The minimum absolute atomic E-state index is 0. The molecule has 1 fully saturated rings. The Bertz CT molecular complexity index is 458. The highest BCUT2D eigenvalue weighted by Crippen LogP contribution is 2.45. The van der Waals surface area contributed by atoms with E-state index in [0.717, 1.165) is 11.7 Å². The third-order valence-electron chi connectivity index (χ3n) is 4.96. The van der Waals surface area contributed by atoms with Crippen LogP contribution < -0.4 is 10.1 Å². The predicted molar refractivity (Wildman–Crippen MR) is 81.5 cm³/mol. The van der Waals surface area contributed by atoms with E-state index in [2.05, 4.69) is 37.4 Å². The van der Waals surface area contributed by atoms with E-state index in [1.54, 1.807) is 7.11 Å². The van der Waals surface area contributed by atoms with Crippen molar-refractivity contribution in [2.24, 2.45) is 5.92 Å². The summed E-state index contributed by atoms with van der Waals surface area (Å²) in [5.74, 6) is 1.75. The second-order valence-electron chi connectivity index (χ2n) is 6.26. The molecule has 1 aromatic rings. The molecule has 1 heterocycles. The minimum Gasteiger partial charge on any atom is -0.497 e. The fourth-order valence-corrected chi connectivity index (χ4v) is 3.93. The number of nitrogens with one attached hydrogen (secondary N) is 1. The number of halogens is 1. The van der Waals surface area contributed by atoms with Crippen LogP contribution in [0.15, 0.2) is 18.2 Å². The van der Waals surface area contributed by atoms with Gasteiger partial charge in [-0.2, -0.15) is 0 Å². The van der Waals surface area contributed by atoms with Crippen LogP contribution in [-0.4, -0.2) is 19.7 Å². The van der Waals surface area contributed by atoms with Crippen molar-refractivity contribution in [1.82, 2.24) is 5.32 Å². The SMILES string of the molecule is COc1ccc2c(c1)C(C)(C)[C@@H]1CCCN[C@H]1C2.Cl. The molecule has 0 spiro atoms. The number of hydrogen-bond acceptors (Lipinski definition) is 2. The van der Waals surface area contributed by atoms with Gasteiger partial charge < -0.3 is 10.1 Å². The Hall–Kier alpha value is -0.730. The average Bonchev–Trinajstić information content (AvgIpc) is 2.39. The number of rotatable bonds is 1. The lowest BCUT2D eigenvalue weighted by Crippen LogP contribution is -2.53. The van der Waals surface area contributed by atoms with E-state index in [0.29, 0.717) is 6.04 Å². The fourth-order valence-electron chi connectivity index (χ4n) is 3.93. The Labute approximate surface area is 122 Å². The summed E-state index contributed by atoms with van der Waals surface area (Å²) in [6.07, 6.45) is 3.83. The molecule has 0 bridgehead atoms. The van der Waals surface area contributed by atoms with E-state index in [4.69, 9.17) is 4.74 Å². The van der Waals surface area contributed by atoms with Crippen LogP contribution >= 0.6 is 12.4 Å². The topological polar surface area (TPSA) is 21.3 Å². The van der Waals surface area contributed by atoms with Crippen LogP contribution in [0.1, 0.15) is 37.8 Å². The first kappa shape index (κ1) is 14.7. The Morgan fingerprint density at radius 1 is 1.32 bits per heavy atom. The maximum Gasteiger partial charge on any atom is 0.119 e. The lowest BCUT2D eigenvalue weighted by molar-refractivity contribution is 0.168. The summed E-state index contributed by atoms with van der Waals surface area (Å²) in [6.45, 7) is 5.98. The number of benzene rings is 1. The van der Waals surface area contributed by atoms with Crippen LogP contribution in [0, 0.1) is 5.92 Å². The maximum absolute atomic E-state index is 5.39. The van der Waals surface area contributed by atoms with Gasteiger partial charge in [0.1, 0.15) is 5.75 Å². The Balaban J connectivity index is 0.00000133. The molecule has 0 saturated carbocycles. The first-order chi connectivity index (χ1) is 8.63. The van der Waals surface area contributed by atoms with Gasteiger partial charge in [0.15, 0.2) is 0 Å². The summed E-state index contributed by atoms with van der Waals surface area (Å²) >= 11 is 0. The van der Waals surface area contributed by atoms with E-state index >= 15 is 0 Å². The van der Waals surface area contributed by atoms with Crippen molar-refractivity contribution in [3.63, 3.8) is 0 Å². The van der Waals surface area contributed by atoms with Gasteiger partial charge in [0.2, 0.25) is 0 Å². The van der Waals surface area contributed by atoms with E-state index in [1.807, 2.05) is 0 Å². The summed E-state index contributed by atoms with van der Waals surface area (Å²) in [7, 11) is 1.75. The van der Waals surface area contributed by atoms with E-state index < -0.39 is 0 Å². The molecule has 2 atom stereocenters. The first-order valence-electron chi connectivity index (χ1n) is 7.03. The van der Waals surface area contributed by atoms with Gasteiger partial charge in [-0.3, -0.25) is 0 Å². The number of piperidine rings is 1. The highest BCUT2D eigenvalue weighted by atomic mass is 35.5. The molecule has 3 heteroatoms. The lowest BCUT2D eigenvalue weighted by atomic mass is 9.61. The monoisotopic (exact) mass is 281 g/mol. The molecule has 1 aromatic carbocycles. The molecular formula is C16H24ClNO. The van der Waals surface area contributed by atoms with E-state index in [9.17, 15) is 0 Å². The molecule has 0 unspecified atom stereocenters. The van der Waals surface area contributed by atoms with Gasteiger partial charge in [-0.05, 0) is 60.4 Å². The quantitative estimate of drug-likeness (QED) is 0.853. The zero-order valence-electron chi connectivity index (χ0n) is 12.0. The van der Waals surface area contributed by atoms with Crippen molar-refractivity contribution >= 4 is 12.4 Å². The smallest absolute Gasteiger partial charge is 0.119 e. The van der Waals surface area contributed by atoms with Crippen LogP contribution in [0.2, 0.25) is 0 Å². The summed E-state index contributed by atoms with van der Waals surface area (Å²) in [5, 5.41) is 3.71. The van der Waals surface area contributed by atoms with Gasteiger partial charge in [0, 0.05) is 6.04 Å². The van der Waals surface area contributed by atoms with Crippen LogP contribution in [-0.2, 0) is 11.8 Å². The van der Waals surface area contributed by atoms with Crippen molar-refractivity contribution in [2.45, 2.75) is 44.6 Å². The Kier molecular flexibility index (Phi) is 4.12. The maximum atomic E-state index is 5.39. The molecule has 0 amide bonds. The van der Waals surface area contributed by atoms with Gasteiger partial charge in [-0.15, -0.1) is 12.4 Å². The molecule has 19 heavy (non-hydrogen) atoms. The van der Waals surface area contributed by atoms with Crippen LogP contribution in [0.4, 0.5) is 0 Å². The average molecular weight is 282 g/mol. The molecular weight excluding hydrogens is 258 g/mol. The molecule has 1 N–H and O–H groups in total. The van der Waals surface area contributed by atoms with Crippen molar-refractivity contribution in [1.29, 1.82) is 0 Å². The number of fused-ring (bicyclic) bond motifs is 2. The van der Waals surface area contributed by atoms with E-state index in [1.165, 1.54) is 36.9 Å². The van der Waals surface area contributed by atoms with Gasteiger partial charge in [-0.1, -0.05) is 19.9 Å². The second kappa shape index (κ2) is 5.34. The summed E-state index contributed by atoms with van der Waals surface area (Å²) < 4.78 is 5.39. The van der Waals surface area contributed by atoms with Crippen LogP contribution in [0.3, 0.4) is 0 Å². The highest BCUT2D eigenvalue weighted by molar-refractivity contribution is 5.85. The van der Waals surface area contributed by atoms with Gasteiger partial charge in [0.25, 0.3) is 0 Å². The van der Waals surface area contributed by atoms with Crippen LogP contribution in [0.25, 0.3) is 0 Å².